The average Bonchev–Trinajstić information content (AvgIpc) is 2.94. The molecule has 3 rings (SSSR count). The Hall–Kier alpha value is -1.63. The van der Waals surface area contributed by atoms with Crippen LogP contribution in [0.15, 0.2) is 23.6 Å². The van der Waals surface area contributed by atoms with Crippen molar-refractivity contribution < 1.29 is 19.4 Å². The second-order valence-corrected chi connectivity index (χ2v) is 5.86. The molecule has 0 atom stereocenters. The molecule has 0 radical (unpaired) electrons. The summed E-state index contributed by atoms with van der Waals surface area (Å²) in [5, 5.41) is 12.2. The number of fused-ring (bicyclic) bond motifs is 1. The highest BCUT2D eigenvalue weighted by Crippen LogP contribution is 2.29. The van der Waals surface area contributed by atoms with Crippen LogP contribution >= 0.6 is 11.3 Å². The van der Waals surface area contributed by atoms with E-state index >= 15 is 0 Å². The summed E-state index contributed by atoms with van der Waals surface area (Å²) in [5.74, 6) is -0.504. The molecule has 1 N–H and O–H groups in total. The molecule has 0 aliphatic carbocycles. The Bertz CT molecular complexity index is 634. The summed E-state index contributed by atoms with van der Waals surface area (Å²) in [4.78, 5) is 13.6. The second kappa shape index (κ2) is 6.43. The number of thiophene rings is 1. The molecule has 0 unspecified atom stereocenters. The SMILES string of the molecule is O=C(O)c1cc2ccsc2cc1OCCN1CCOCC1. The molecule has 6 heteroatoms. The number of nitrogens with zero attached hydrogens (tertiary/aromatic N) is 1. The molecular weight excluding hydrogens is 290 g/mol. The van der Waals surface area contributed by atoms with Crippen molar-refractivity contribution in [2.75, 3.05) is 39.5 Å². The lowest BCUT2D eigenvalue weighted by molar-refractivity contribution is 0.0321. The van der Waals surface area contributed by atoms with Gasteiger partial charge in [0, 0.05) is 24.3 Å². The fraction of sp³-hybridized carbons (Fsp3) is 0.400. The lowest BCUT2D eigenvalue weighted by Gasteiger charge is -2.26. The van der Waals surface area contributed by atoms with E-state index in [0.29, 0.717) is 12.4 Å². The normalized spacial score (nSPS) is 16.2. The van der Waals surface area contributed by atoms with Crippen LogP contribution in [-0.4, -0.2) is 55.4 Å². The Kier molecular flexibility index (Phi) is 4.38. The number of rotatable bonds is 5. The molecule has 1 fully saturated rings. The zero-order valence-electron chi connectivity index (χ0n) is 11.6. The lowest BCUT2D eigenvalue weighted by atomic mass is 10.1. The van der Waals surface area contributed by atoms with Gasteiger partial charge < -0.3 is 14.6 Å². The van der Waals surface area contributed by atoms with E-state index in [1.165, 1.54) is 0 Å². The number of benzene rings is 1. The molecule has 0 saturated carbocycles. The van der Waals surface area contributed by atoms with Crippen LogP contribution < -0.4 is 4.74 Å². The molecule has 1 aliphatic rings. The molecule has 21 heavy (non-hydrogen) atoms. The number of morpholine rings is 1. The number of hydrogen-bond donors (Lipinski definition) is 1. The fourth-order valence-electron chi connectivity index (χ4n) is 2.39. The summed E-state index contributed by atoms with van der Waals surface area (Å²) in [6.45, 7) is 4.57. The maximum absolute atomic E-state index is 11.3. The van der Waals surface area contributed by atoms with Crippen LogP contribution in [-0.2, 0) is 4.74 Å². The van der Waals surface area contributed by atoms with Gasteiger partial charge in [0.05, 0.1) is 13.2 Å². The maximum Gasteiger partial charge on any atom is 0.339 e. The monoisotopic (exact) mass is 307 g/mol. The molecule has 1 saturated heterocycles. The van der Waals surface area contributed by atoms with E-state index in [9.17, 15) is 9.90 Å². The van der Waals surface area contributed by atoms with Crippen LogP contribution in [0, 0.1) is 0 Å². The van der Waals surface area contributed by atoms with Gasteiger partial charge in [-0.3, -0.25) is 4.90 Å². The molecule has 0 bridgehead atoms. The van der Waals surface area contributed by atoms with Gasteiger partial charge >= 0.3 is 5.97 Å². The van der Waals surface area contributed by atoms with E-state index in [4.69, 9.17) is 9.47 Å². The van der Waals surface area contributed by atoms with E-state index in [-0.39, 0.29) is 5.56 Å². The molecule has 2 aromatic rings. The number of hydrogen-bond acceptors (Lipinski definition) is 5. The van der Waals surface area contributed by atoms with Gasteiger partial charge in [-0.05, 0) is 29.0 Å². The predicted molar refractivity (Wildman–Crippen MR) is 81.5 cm³/mol. The predicted octanol–water partition coefficient (Wildman–Crippen LogP) is 2.31. The van der Waals surface area contributed by atoms with Gasteiger partial charge in [0.25, 0.3) is 0 Å². The smallest absolute Gasteiger partial charge is 0.339 e. The molecule has 5 nitrogen and oxygen atoms in total. The highest BCUT2D eigenvalue weighted by Gasteiger charge is 2.15. The quantitative estimate of drug-likeness (QED) is 0.918. The van der Waals surface area contributed by atoms with Gasteiger partial charge in [0.2, 0.25) is 0 Å². The standard InChI is InChI=1S/C15H17NO4S/c17-15(18)12-9-11-1-8-21-14(11)10-13(12)20-7-4-16-2-5-19-6-3-16/h1,8-10H,2-7H2,(H,17,18). The molecule has 1 aromatic carbocycles. The summed E-state index contributed by atoms with van der Waals surface area (Å²) in [7, 11) is 0. The fourth-order valence-corrected chi connectivity index (χ4v) is 3.19. The molecule has 2 heterocycles. The van der Waals surface area contributed by atoms with Crippen molar-refractivity contribution in [3.63, 3.8) is 0 Å². The van der Waals surface area contributed by atoms with Crippen molar-refractivity contribution in [3.05, 3.63) is 29.1 Å². The minimum atomic E-state index is -0.954. The molecule has 1 aromatic heterocycles. The van der Waals surface area contributed by atoms with Gasteiger partial charge in [-0.25, -0.2) is 4.79 Å². The van der Waals surface area contributed by atoms with E-state index in [1.807, 2.05) is 17.5 Å². The number of carbonyl (C=O) groups is 1. The van der Waals surface area contributed by atoms with Crippen molar-refractivity contribution in [2.24, 2.45) is 0 Å². The first-order chi connectivity index (χ1) is 10.2. The molecule has 0 amide bonds. The summed E-state index contributed by atoms with van der Waals surface area (Å²) in [5.41, 5.74) is 0.225. The third-order valence-electron chi connectivity index (χ3n) is 3.55. The molecule has 112 valence electrons. The Morgan fingerprint density at radius 3 is 2.95 bits per heavy atom. The third-order valence-corrected chi connectivity index (χ3v) is 4.43. The van der Waals surface area contributed by atoms with Crippen LogP contribution in [0.3, 0.4) is 0 Å². The van der Waals surface area contributed by atoms with Gasteiger partial charge in [-0.1, -0.05) is 0 Å². The molecular formula is C15H17NO4S. The van der Waals surface area contributed by atoms with Crippen molar-refractivity contribution in [2.45, 2.75) is 0 Å². The largest absolute Gasteiger partial charge is 0.491 e. The topological polar surface area (TPSA) is 59.0 Å². The summed E-state index contributed by atoms with van der Waals surface area (Å²) >= 11 is 1.58. The Balaban J connectivity index is 1.69. The molecule has 1 aliphatic heterocycles. The number of carboxylic acid groups (broad SMARTS) is 1. The van der Waals surface area contributed by atoms with Gasteiger partial charge in [-0.2, -0.15) is 0 Å². The second-order valence-electron chi connectivity index (χ2n) is 4.91. The first kappa shape index (κ1) is 14.3. The Labute approximate surface area is 126 Å². The van der Waals surface area contributed by atoms with Crippen molar-refractivity contribution in [1.82, 2.24) is 4.90 Å². The average molecular weight is 307 g/mol. The minimum absolute atomic E-state index is 0.225. The van der Waals surface area contributed by atoms with E-state index in [1.54, 1.807) is 17.4 Å². The van der Waals surface area contributed by atoms with E-state index < -0.39 is 5.97 Å². The van der Waals surface area contributed by atoms with E-state index in [2.05, 4.69) is 4.90 Å². The van der Waals surface area contributed by atoms with E-state index in [0.717, 1.165) is 42.9 Å². The van der Waals surface area contributed by atoms with Crippen LogP contribution in [0.1, 0.15) is 10.4 Å². The highest BCUT2D eigenvalue weighted by atomic mass is 32.1. The summed E-state index contributed by atoms with van der Waals surface area (Å²) in [6, 6.07) is 5.42. The number of aromatic carboxylic acids is 1. The van der Waals surface area contributed by atoms with Gasteiger partial charge in [-0.15, -0.1) is 11.3 Å². The van der Waals surface area contributed by atoms with Crippen LogP contribution in [0.5, 0.6) is 5.75 Å². The minimum Gasteiger partial charge on any atom is -0.491 e. The van der Waals surface area contributed by atoms with Crippen LogP contribution in [0.25, 0.3) is 10.1 Å². The third kappa shape index (κ3) is 3.34. The zero-order valence-corrected chi connectivity index (χ0v) is 12.4. The van der Waals surface area contributed by atoms with Crippen molar-refractivity contribution in [3.8, 4) is 5.75 Å². The first-order valence-corrected chi connectivity index (χ1v) is 7.79. The molecule has 0 spiro atoms. The summed E-state index contributed by atoms with van der Waals surface area (Å²) < 4.78 is 12.1. The zero-order chi connectivity index (χ0) is 14.7. The maximum atomic E-state index is 11.3. The van der Waals surface area contributed by atoms with Crippen LogP contribution in [0.4, 0.5) is 0 Å². The Morgan fingerprint density at radius 2 is 2.19 bits per heavy atom. The summed E-state index contributed by atoms with van der Waals surface area (Å²) in [6.07, 6.45) is 0. The van der Waals surface area contributed by atoms with Crippen LogP contribution in [0.2, 0.25) is 0 Å². The number of ether oxygens (including phenoxy) is 2. The van der Waals surface area contributed by atoms with Crippen molar-refractivity contribution >= 4 is 27.4 Å². The lowest BCUT2D eigenvalue weighted by Crippen LogP contribution is -2.38. The highest BCUT2D eigenvalue weighted by molar-refractivity contribution is 7.17. The first-order valence-electron chi connectivity index (χ1n) is 6.91. The van der Waals surface area contributed by atoms with Crippen molar-refractivity contribution in [1.29, 1.82) is 0 Å². The Morgan fingerprint density at radius 1 is 1.38 bits per heavy atom. The number of carboxylic acids is 1. The van der Waals surface area contributed by atoms with Gasteiger partial charge in [0.1, 0.15) is 17.9 Å². The van der Waals surface area contributed by atoms with Gasteiger partial charge in [0.15, 0.2) is 0 Å².